The number of thiophene rings is 1. The molecule has 1 aromatic carbocycles. The summed E-state index contributed by atoms with van der Waals surface area (Å²) in [5, 5.41) is 16.7. The van der Waals surface area contributed by atoms with Gasteiger partial charge in [0.05, 0.1) is 10.8 Å². The van der Waals surface area contributed by atoms with Crippen LogP contribution in [0.5, 0.6) is 0 Å². The van der Waals surface area contributed by atoms with Crippen molar-refractivity contribution in [2.24, 2.45) is 5.92 Å². The van der Waals surface area contributed by atoms with Gasteiger partial charge in [0.2, 0.25) is 5.91 Å². The van der Waals surface area contributed by atoms with Crippen LogP contribution in [-0.4, -0.2) is 35.0 Å². The van der Waals surface area contributed by atoms with Gasteiger partial charge in [-0.2, -0.15) is 0 Å². The van der Waals surface area contributed by atoms with Crippen molar-refractivity contribution in [3.8, 4) is 0 Å². The number of hydrogen-bond acceptors (Lipinski definition) is 4. The third-order valence-electron chi connectivity index (χ3n) is 4.78. The lowest BCUT2D eigenvalue weighted by Gasteiger charge is -2.21. The van der Waals surface area contributed by atoms with Crippen LogP contribution >= 0.6 is 11.3 Å². The van der Waals surface area contributed by atoms with Gasteiger partial charge >= 0.3 is 5.97 Å². The number of nitrogens with one attached hydrogen (secondary N) is 2. The predicted molar refractivity (Wildman–Crippen MR) is 103 cm³/mol. The normalized spacial score (nSPS) is 20.0. The number of carboxylic acids is 1. The fourth-order valence-electron chi connectivity index (χ4n) is 3.33. The zero-order valence-corrected chi connectivity index (χ0v) is 15.6. The summed E-state index contributed by atoms with van der Waals surface area (Å²) in [7, 11) is 0. The molecule has 3 atom stereocenters. The monoisotopic (exact) mass is 386 g/mol. The molecule has 3 rings (SSSR count). The number of aliphatic carboxylic acids is 1. The number of carbonyl (C=O) groups is 3. The fraction of sp³-hybridized carbons (Fsp3) is 0.350. The molecular weight excluding hydrogens is 364 g/mol. The van der Waals surface area contributed by atoms with Crippen LogP contribution < -0.4 is 10.6 Å². The van der Waals surface area contributed by atoms with Gasteiger partial charge in [-0.05, 0) is 36.3 Å². The Kier molecular flexibility index (Phi) is 6.24. The van der Waals surface area contributed by atoms with E-state index < -0.39 is 17.9 Å². The van der Waals surface area contributed by atoms with Crippen LogP contribution in [0.3, 0.4) is 0 Å². The quantitative estimate of drug-likeness (QED) is 0.681. The molecule has 2 aromatic rings. The Balaban J connectivity index is 1.67. The molecule has 0 radical (unpaired) electrons. The van der Waals surface area contributed by atoms with Gasteiger partial charge < -0.3 is 15.7 Å². The number of carbonyl (C=O) groups excluding carboxylic acids is 2. The molecule has 1 heterocycles. The molecule has 142 valence electrons. The second kappa shape index (κ2) is 8.81. The van der Waals surface area contributed by atoms with Crippen LogP contribution in [0, 0.1) is 5.92 Å². The van der Waals surface area contributed by atoms with Crippen molar-refractivity contribution in [1.29, 1.82) is 0 Å². The van der Waals surface area contributed by atoms with Gasteiger partial charge in [-0.25, -0.2) is 0 Å². The van der Waals surface area contributed by atoms with Gasteiger partial charge in [0.25, 0.3) is 5.91 Å². The third-order valence-corrected chi connectivity index (χ3v) is 5.65. The van der Waals surface area contributed by atoms with Gasteiger partial charge in [-0.1, -0.05) is 36.4 Å². The molecule has 1 aliphatic rings. The molecule has 0 aliphatic heterocycles. The van der Waals surface area contributed by atoms with Crippen LogP contribution in [0.2, 0.25) is 0 Å². The second-order valence-electron chi connectivity index (χ2n) is 6.75. The largest absolute Gasteiger partial charge is 0.481 e. The lowest BCUT2D eigenvalue weighted by molar-refractivity contribution is -0.141. The number of hydrogen-bond donors (Lipinski definition) is 3. The molecule has 1 aromatic heterocycles. The summed E-state index contributed by atoms with van der Waals surface area (Å²) in [4.78, 5) is 36.9. The summed E-state index contributed by atoms with van der Waals surface area (Å²) < 4.78 is 0. The number of carboxylic acid groups (broad SMARTS) is 1. The molecule has 3 N–H and O–H groups in total. The van der Waals surface area contributed by atoms with Crippen molar-refractivity contribution in [1.82, 2.24) is 10.6 Å². The molecule has 0 saturated heterocycles. The maximum atomic E-state index is 12.8. The molecule has 1 fully saturated rings. The standard InChI is InChI=1S/C20H22N2O4S/c23-18(21-15-9-8-14(12-15)20(25)26)16(11-13-5-2-1-3-6-13)22-19(24)17-7-4-10-27-17/h1-7,10,14-16H,8-9,11-12H2,(H,21,23)(H,22,24)(H,25,26)/t14-,15+,16?/m1/s1. The van der Waals surface area contributed by atoms with Crippen LogP contribution in [-0.2, 0) is 16.0 Å². The van der Waals surface area contributed by atoms with Crippen molar-refractivity contribution in [3.05, 3.63) is 58.3 Å². The van der Waals surface area contributed by atoms with E-state index in [1.165, 1.54) is 11.3 Å². The van der Waals surface area contributed by atoms with Gasteiger partial charge in [0.1, 0.15) is 6.04 Å². The highest BCUT2D eigenvalue weighted by Gasteiger charge is 2.32. The van der Waals surface area contributed by atoms with Crippen LogP contribution in [0.15, 0.2) is 47.8 Å². The zero-order chi connectivity index (χ0) is 19.2. The van der Waals surface area contributed by atoms with Crippen molar-refractivity contribution in [2.45, 2.75) is 37.8 Å². The fourth-order valence-corrected chi connectivity index (χ4v) is 3.96. The van der Waals surface area contributed by atoms with E-state index in [2.05, 4.69) is 10.6 Å². The van der Waals surface area contributed by atoms with Gasteiger partial charge in [-0.15, -0.1) is 11.3 Å². The molecule has 0 bridgehead atoms. The first-order chi connectivity index (χ1) is 13.0. The molecule has 1 aliphatic carbocycles. The highest BCUT2D eigenvalue weighted by atomic mass is 32.1. The topological polar surface area (TPSA) is 95.5 Å². The summed E-state index contributed by atoms with van der Waals surface area (Å²) >= 11 is 1.32. The van der Waals surface area contributed by atoms with E-state index in [0.29, 0.717) is 30.6 Å². The molecule has 6 nitrogen and oxygen atoms in total. The minimum absolute atomic E-state index is 0.171. The Hall–Kier alpha value is -2.67. The average Bonchev–Trinajstić information content (AvgIpc) is 3.34. The molecule has 1 saturated carbocycles. The van der Waals surface area contributed by atoms with E-state index in [4.69, 9.17) is 5.11 Å². The minimum atomic E-state index is -0.821. The van der Waals surface area contributed by atoms with Crippen LogP contribution in [0.4, 0.5) is 0 Å². The summed E-state index contributed by atoms with van der Waals surface area (Å²) in [6.07, 6.45) is 2.00. The smallest absolute Gasteiger partial charge is 0.306 e. The van der Waals surface area contributed by atoms with Crippen molar-refractivity contribution < 1.29 is 19.5 Å². The zero-order valence-electron chi connectivity index (χ0n) is 14.8. The average molecular weight is 386 g/mol. The molecular formula is C20H22N2O4S. The van der Waals surface area contributed by atoms with Crippen LogP contribution in [0.1, 0.15) is 34.5 Å². The Morgan fingerprint density at radius 2 is 1.89 bits per heavy atom. The SMILES string of the molecule is O=C(NC(Cc1ccccc1)C(=O)N[C@H]1CC[C@@H](C(=O)O)C1)c1cccs1. The first kappa shape index (κ1) is 19.1. The van der Waals surface area contributed by atoms with Gasteiger partial charge in [-0.3, -0.25) is 14.4 Å². The van der Waals surface area contributed by atoms with E-state index in [9.17, 15) is 14.4 Å². The van der Waals surface area contributed by atoms with Crippen molar-refractivity contribution in [2.75, 3.05) is 0 Å². The van der Waals surface area contributed by atoms with E-state index in [0.717, 1.165) is 5.56 Å². The molecule has 7 heteroatoms. The Labute approximate surface area is 161 Å². The van der Waals surface area contributed by atoms with Crippen molar-refractivity contribution >= 4 is 29.1 Å². The highest BCUT2D eigenvalue weighted by Crippen LogP contribution is 2.25. The number of rotatable bonds is 7. The Morgan fingerprint density at radius 3 is 2.52 bits per heavy atom. The Morgan fingerprint density at radius 1 is 1.11 bits per heavy atom. The Bertz CT molecular complexity index is 792. The second-order valence-corrected chi connectivity index (χ2v) is 7.69. The lowest BCUT2D eigenvalue weighted by atomic mass is 10.0. The minimum Gasteiger partial charge on any atom is -0.481 e. The van der Waals surface area contributed by atoms with E-state index in [1.807, 2.05) is 35.7 Å². The summed E-state index contributed by atoms with van der Waals surface area (Å²) in [5.74, 6) is -1.79. The van der Waals surface area contributed by atoms with Gasteiger partial charge in [0.15, 0.2) is 0 Å². The summed E-state index contributed by atoms with van der Waals surface area (Å²) in [5.41, 5.74) is 0.943. The summed E-state index contributed by atoms with van der Waals surface area (Å²) in [6.45, 7) is 0. The summed E-state index contributed by atoms with van der Waals surface area (Å²) in [6, 6.07) is 12.1. The highest BCUT2D eigenvalue weighted by molar-refractivity contribution is 7.12. The lowest BCUT2D eigenvalue weighted by Crippen LogP contribution is -2.50. The molecule has 27 heavy (non-hydrogen) atoms. The van der Waals surface area contributed by atoms with Crippen LogP contribution in [0.25, 0.3) is 0 Å². The third kappa shape index (κ3) is 5.17. The number of amides is 2. The van der Waals surface area contributed by atoms with E-state index in [-0.39, 0.29) is 17.9 Å². The molecule has 2 amide bonds. The number of benzene rings is 1. The predicted octanol–water partition coefficient (Wildman–Crippen LogP) is 2.46. The first-order valence-corrected chi connectivity index (χ1v) is 9.82. The van der Waals surface area contributed by atoms with Gasteiger partial charge in [0, 0.05) is 12.5 Å². The van der Waals surface area contributed by atoms with E-state index >= 15 is 0 Å². The molecule has 0 spiro atoms. The molecule has 1 unspecified atom stereocenters. The first-order valence-electron chi connectivity index (χ1n) is 8.94. The van der Waals surface area contributed by atoms with E-state index in [1.54, 1.807) is 12.1 Å². The van der Waals surface area contributed by atoms with Crippen molar-refractivity contribution in [3.63, 3.8) is 0 Å². The maximum Gasteiger partial charge on any atom is 0.306 e. The maximum absolute atomic E-state index is 12.8.